The van der Waals surface area contributed by atoms with Crippen molar-refractivity contribution < 1.29 is 23.7 Å². The average Bonchev–Trinajstić information content (AvgIpc) is 3.51. The number of fused-ring (bicyclic) bond motifs is 1. The van der Waals surface area contributed by atoms with Crippen LogP contribution in [-0.2, 0) is 19.0 Å². The molecular weight excluding hydrogens is 664 g/mol. The third-order valence-corrected chi connectivity index (χ3v) is 9.59. The van der Waals surface area contributed by atoms with E-state index in [0.29, 0.717) is 41.6 Å². The van der Waals surface area contributed by atoms with Crippen LogP contribution in [0.1, 0.15) is 76.8 Å². The number of aryl methyl sites for hydroxylation is 2. The molecule has 1 saturated heterocycles. The van der Waals surface area contributed by atoms with Crippen molar-refractivity contribution in [1.29, 1.82) is 0 Å². The van der Waals surface area contributed by atoms with Gasteiger partial charge in [-0.3, -0.25) is 0 Å². The van der Waals surface area contributed by atoms with Crippen LogP contribution in [0, 0.1) is 13.8 Å². The van der Waals surface area contributed by atoms with Gasteiger partial charge >= 0.3 is 5.97 Å². The number of esters is 1. The fraction of sp³-hybridized carbons (Fsp3) is 0.439. The quantitative estimate of drug-likeness (QED) is 0.100. The van der Waals surface area contributed by atoms with Crippen molar-refractivity contribution in [2.24, 2.45) is 0 Å². The number of anilines is 1. The molecule has 272 valence electrons. The molecule has 1 aliphatic heterocycles. The summed E-state index contributed by atoms with van der Waals surface area (Å²) in [6.07, 6.45) is 4.83. The molecule has 0 spiro atoms. The van der Waals surface area contributed by atoms with E-state index >= 15 is 0 Å². The summed E-state index contributed by atoms with van der Waals surface area (Å²) in [6, 6.07) is 14.1. The highest BCUT2D eigenvalue weighted by molar-refractivity contribution is 6.31. The number of hydrogen-bond donors (Lipinski definition) is 0. The number of halogens is 1. The van der Waals surface area contributed by atoms with E-state index in [9.17, 15) is 4.79 Å². The molecule has 0 aliphatic carbocycles. The number of hydrogen-bond acceptors (Lipinski definition) is 8. The molecule has 1 fully saturated rings. The minimum Gasteiger partial charge on any atom is -0.490 e. The number of carbonyl (C=O) groups excluding carboxylic acids is 1. The lowest BCUT2D eigenvalue weighted by Gasteiger charge is -2.41. The molecule has 3 heterocycles. The van der Waals surface area contributed by atoms with E-state index in [0.717, 1.165) is 58.8 Å². The van der Waals surface area contributed by atoms with Gasteiger partial charge in [-0.15, -0.1) is 13.2 Å². The number of carbonyl (C=O) groups is 1. The van der Waals surface area contributed by atoms with E-state index in [1.165, 1.54) is 7.11 Å². The SMILES string of the molecule is C=CCOC1(C)CCN(c2c(C(OC(C)(C)C)C(=O)OC)c(C)nc3cc(-c4cccc(-c5cc(Cl)c(C)cc5OC(C)CC=C)c4)nn23)CC1. The van der Waals surface area contributed by atoms with Crippen LogP contribution < -0.4 is 9.64 Å². The maximum Gasteiger partial charge on any atom is 0.339 e. The molecule has 10 heteroatoms. The summed E-state index contributed by atoms with van der Waals surface area (Å²) in [5, 5.41) is 5.82. The van der Waals surface area contributed by atoms with Gasteiger partial charge in [0.2, 0.25) is 0 Å². The Hall–Kier alpha value is -4.18. The predicted octanol–water partition coefficient (Wildman–Crippen LogP) is 9.27. The molecular formula is C41H51ClN4O5. The second-order valence-electron chi connectivity index (χ2n) is 14.5. The molecule has 2 aromatic heterocycles. The summed E-state index contributed by atoms with van der Waals surface area (Å²) >= 11 is 6.65. The summed E-state index contributed by atoms with van der Waals surface area (Å²) in [5.74, 6) is 1.01. The molecule has 2 unspecified atom stereocenters. The number of methoxy groups -OCH3 is 1. The molecule has 51 heavy (non-hydrogen) atoms. The molecule has 9 nitrogen and oxygen atoms in total. The number of rotatable bonds is 13. The van der Waals surface area contributed by atoms with Gasteiger partial charge in [-0.25, -0.2) is 9.78 Å². The van der Waals surface area contributed by atoms with Crippen LogP contribution >= 0.6 is 11.6 Å². The highest BCUT2D eigenvalue weighted by Crippen LogP contribution is 2.40. The van der Waals surface area contributed by atoms with Crippen molar-refractivity contribution >= 4 is 29.0 Å². The van der Waals surface area contributed by atoms with Gasteiger partial charge in [0.05, 0.1) is 42.3 Å². The van der Waals surface area contributed by atoms with Crippen LogP contribution in [0.3, 0.4) is 0 Å². The van der Waals surface area contributed by atoms with Gasteiger partial charge in [-0.1, -0.05) is 42.0 Å². The van der Waals surface area contributed by atoms with E-state index in [1.54, 1.807) is 6.08 Å². The Kier molecular flexibility index (Phi) is 11.6. The Morgan fingerprint density at radius 1 is 1.08 bits per heavy atom. The molecule has 5 rings (SSSR count). The van der Waals surface area contributed by atoms with E-state index in [1.807, 2.05) is 88.5 Å². The van der Waals surface area contributed by atoms with Crippen LogP contribution in [0.4, 0.5) is 5.82 Å². The maximum atomic E-state index is 13.4. The molecule has 0 amide bonds. The fourth-order valence-electron chi connectivity index (χ4n) is 6.47. The van der Waals surface area contributed by atoms with Crippen LogP contribution in [0.2, 0.25) is 5.02 Å². The summed E-state index contributed by atoms with van der Waals surface area (Å²) in [6.45, 7) is 23.3. The zero-order chi connectivity index (χ0) is 37.1. The van der Waals surface area contributed by atoms with Gasteiger partial charge in [-0.2, -0.15) is 9.61 Å². The zero-order valence-corrected chi connectivity index (χ0v) is 32.0. The van der Waals surface area contributed by atoms with Crippen molar-refractivity contribution in [2.45, 2.75) is 91.1 Å². The fourth-order valence-corrected chi connectivity index (χ4v) is 6.64. The Bertz CT molecular complexity index is 1900. The lowest BCUT2D eigenvalue weighted by molar-refractivity contribution is -0.164. The maximum absolute atomic E-state index is 13.4. The van der Waals surface area contributed by atoms with Gasteiger partial charge in [0.25, 0.3) is 0 Å². The highest BCUT2D eigenvalue weighted by atomic mass is 35.5. The number of benzene rings is 2. The van der Waals surface area contributed by atoms with Crippen molar-refractivity contribution in [2.75, 3.05) is 31.7 Å². The molecule has 2 atom stereocenters. The van der Waals surface area contributed by atoms with E-state index < -0.39 is 17.7 Å². The van der Waals surface area contributed by atoms with E-state index in [2.05, 4.69) is 31.0 Å². The first kappa shape index (κ1) is 38.1. The van der Waals surface area contributed by atoms with Gasteiger partial charge in [0, 0.05) is 47.4 Å². The molecule has 1 aliphatic rings. The van der Waals surface area contributed by atoms with Crippen LogP contribution in [0.15, 0.2) is 67.8 Å². The van der Waals surface area contributed by atoms with Crippen LogP contribution in [0.5, 0.6) is 5.75 Å². The minimum atomic E-state index is -1.02. The largest absolute Gasteiger partial charge is 0.490 e. The summed E-state index contributed by atoms with van der Waals surface area (Å²) < 4.78 is 26.1. The molecule has 2 aromatic carbocycles. The van der Waals surface area contributed by atoms with Crippen molar-refractivity contribution in [3.05, 3.63) is 89.6 Å². The molecule has 0 bridgehead atoms. The third-order valence-electron chi connectivity index (χ3n) is 9.18. The second-order valence-corrected chi connectivity index (χ2v) is 14.9. The first-order chi connectivity index (χ1) is 24.2. The number of ether oxygens (including phenoxy) is 4. The van der Waals surface area contributed by atoms with Crippen molar-refractivity contribution in [3.8, 4) is 28.1 Å². The average molecular weight is 715 g/mol. The van der Waals surface area contributed by atoms with Crippen LogP contribution in [-0.4, -0.2) is 64.7 Å². The standard InChI is InChI=1S/C41H51ClN4O5/c1-11-14-27(4)50-34-22-26(3)32(42)24-31(34)29-15-13-16-30(23-29)33-25-35-43-28(5)36(37(39(47)48-10)51-40(6,7)8)38(46(35)44-33)45-19-17-41(9,18-20-45)49-21-12-2/h11-13,15-16,22-25,27,37H,1-2,14,17-21H2,3-10H3. The summed E-state index contributed by atoms with van der Waals surface area (Å²) in [5.41, 5.74) is 5.40. The monoisotopic (exact) mass is 714 g/mol. The van der Waals surface area contributed by atoms with Gasteiger partial charge in [-0.05, 0) is 90.6 Å². The molecule has 4 aromatic rings. The van der Waals surface area contributed by atoms with E-state index in [4.69, 9.17) is 40.6 Å². The van der Waals surface area contributed by atoms with Crippen LogP contribution in [0.25, 0.3) is 28.0 Å². The zero-order valence-electron chi connectivity index (χ0n) is 31.2. The number of nitrogens with zero attached hydrogens (tertiary/aromatic N) is 4. The minimum absolute atomic E-state index is 0.0531. The van der Waals surface area contributed by atoms with Gasteiger partial charge in [0.1, 0.15) is 11.6 Å². The Balaban J connectivity index is 1.65. The normalized spacial score (nSPS) is 15.7. The Labute approximate surface area is 307 Å². The molecule has 0 radical (unpaired) electrons. The summed E-state index contributed by atoms with van der Waals surface area (Å²) in [4.78, 5) is 20.7. The summed E-state index contributed by atoms with van der Waals surface area (Å²) in [7, 11) is 1.38. The lowest BCUT2D eigenvalue weighted by Crippen LogP contribution is -2.45. The van der Waals surface area contributed by atoms with Gasteiger partial charge < -0.3 is 23.8 Å². The predicted molar refractivity (Wildman–Crippen MR) is 205 cm³/mol. The number of aromatic nitrogens is 3. The topological polar surface area (TPSA) is 87.4 Å². The first-order valence-corrected chi connectivity index (χ1v) is 17.9. The lowest BCUT2D eigenvalue weighted by atomic mass is 9.92. The Morgan fingerprint density at radius 2 is 1.78 bits per heavy atom. The molecule has 0 N–H and O–H groups in total. The highest BCUT2D eigenvalue weighted by Gasteiger charge is 2.38. The number of piperidine rings is 1. The van der Waals surface area contributed by atoms with E-state index in [-0.39, 0.29) is 11.7 Å². The first-order valence-electron chi connectivity index (χ1n) is 17.5. The third kappa shape index (κ3) is 8.66. The molecule has 0 saturated carbocycles. The van der Waals surface area contributed by atoms with Gasteiger partial charge in [0.15, 0.2) is 11.8 Å². The van der Waals surface area contributed by atoms with Crippen molar-refractivity contribution in [3.63, 3.8) is 0 Å². The smallest absolute Gasteiger partial charge is 0.339 e. The van der Waals surface area contributed by atoms with Crippen molar-refractivity contribution in [1.82, 2.24) is 14.6 Å². The Morgan fingerprint density at radius 3 is 2.43 bits per heavy atom. The second kappa shape index (κ2) is 15.6.